The second kappa shape index (κ2) is 6.94. The lowest BCUT2D eigenvalue weighted by Crippen LogP contribution is -2.64. The fourth-order valence-electron chi connectivity index (χ4n) is 3.27. The average Bonchev–Trinajstić information content (AvgIpc) is 3.15. The first-order chi connectivity index (χ1) is 13.0. The number of amides is 2. The highest BCUT2D eigenvalue weighted by Gasteiger charge is 2.44. The van der Waals surface area contributed by atoms with E-state index >= 15 is 0 Å². The highest BCUT2D eigenvalue weighted by Crippen LogP contribution is 2.32. The number of carbonyl (C=O) groups is 1. The number of hydrogen-bond acceptors (Lipinski definition) is 4. The Labute approximate surface area is 155 Å². The van der Waals surface area contributed by atoms with Gasteiger partial charge < -0.3 is 9.64 Å². The van der Waals surface area contributed by atoms with Crippen molar-refractivity contribution in [2.45, 2.75) is 31.5 Å². The summed E-state index contributed by atoms with van der Waals surface area (Å²) < 4.78 is 32.3. The Kier molecular flexibility index (Phi) is 4.47. The van der Waals surface area contributed by atoms with E-state index in [4.69, 9.17) is 4.74 Å². The Morgan fingerprint density at radius 3 is 2.67 bits per heavy atom. The van der Waals surface area contributed by atoms with E-state index in [-0.39, 0.29) is 30.0 Å². The lowest BCUT2D eigenvalue weighted by atomic mass is 10.0. The molecule has 1 unspecified atom stereocenters. The molecule has 4 rings (SSSR count). The van der Waals surface area contributed by atoms with Crippen molar-refractivity contribution >= 4 is 12.2 Å². The van der Waals surface area contributed by atoms with Gasteiger partial charge in [-0.05, 0) is 42.8 Å². The first-order valence-corrected chi connectivity index (χ1v) is 8.68. The van der Waals surface area contributed by atoms with Crippen LogP contribution in [-0.4, -0.2) is 45.8 Å². The van der Waals surface area contributed by atoms with Crippen LogP contribution in [0.1, 0.15) is 24.9 Å². The van der Waals surface area contributed by atoms with E-state index in [0.29, 0.717) is 24.3 Å². The van der Waals surface area contributed by atoms with Gasteiger partial charge >= 0.3 is 6.03 Å². The van der Waals surface area contributed by atoms with Gasteiger partial charge in [-0.15, -0.1) is 0 Å². The molecule has 8 heteroatoms. The van der Waals surface area contributed by atoms with E-state index in [1.165, 1.54) is 23.2 Å². The number of urea groups is 1. The number of aromatic nitrogens is 1. The van der Waals surface area contributed by atoms with E-state index in [2.05, 4.69) is 10.1 Å². The number of nitrogens with zero attached hydrogens (tertiary/aromatic N) is 4. The van der Waals surface area contributed by atoms with Gasteiger partial charge in [0.15, 0.2) is 0 Å². The molecular weight excluding hydrogens is 354 g/mol. The Morgan fingerprint density at radius 2 is 1.96 bits per heavy atom. The van der Waals surface area contributed by atoms with Crippen LogP contribution < -0.4 is 4.74 Å². The zero-order valence-electron chi connectivity index (χ0n) is 14.6. The van der Waals surface area contributed by atoms with Gasteiger partial charge in [0.05, 0.1) is 24.8 Å². The fourth-order valence-corrected chi connectivity index (χ4v) is 3.27. The molecule has 27 heavy (non-hydrogen) atoms. The van der Waals surface area contributed by atoms with E-state index in [0.717, 1.165) is 6.20 Å². The average molecular weight is 372 g/mol. The molecule has 1 saturated heterocycles. The fraction of sp³-hybridized carbons (Fsp3) is 0.316. The maximum absolute atomic E-state index is 13.5. The minimum Gasteiger partial charge on any atom is -0.486 e. The number of benzene rings is 1. The second-order valence-electron chi connectivity index (χ2n) is 6.62. The van der Waals surface area contributed by atoms with Gasteiger partial charge in [0, 0.05) is 18.8 Å². The smallest absolute Gasteiger partial charge is 0.341 e. The van der Waals surface area contributed by atoms with E-state index < -0.39 is 5.82 Å². The summed E-state index contributed by atoms with van der Waals surface area (Å²) in [5.41, 5.74) is 0.605. The van der Waals surface area contributed by atoms with Crippen LogP contribution in [-0.2, 0) is 0 Å². The number of halogens is 2. The second-order valence-corrected chi connectivity index (χ2v) is 6.62. The van der Waals surface area contributed by atoms with Crippen LogP contribution >= 0.6 is 0 Å². The Hall–Kier alpha value is -3.03. The van der Waals surface area contributed by atoms with Crippen molar-refractivity contribution in [2.75, 3.05) is 6.54 Å². The summed E-state index contributed by atoms with van der Waals surface area (Å²) in [6, 6.07) is 6.36. The molecule has 3 atom stereocenters. The topological polar surface area (TPSA) is 58.0 Å². The van der Waals surface area contributed by atoms with Crippen molar-refractivity contribution in [3.63, 3.8) is 0 Å². The van der Waals surface area contributed by atoms with Gasteiger partial charge in [0.2, 0.25) is 0 Å². The summed E-state index contributed by atoms with van der Waals surface area (Å²) in [5, 5.41) is 5.53. The molecule has 0 spiro atoms. The van der Waals surface area contributed by atoms with Gasteiger partial charge in [-0.3, -0.25) is 4.98 Å². The van der Waals surface area contributed by atoms with Crippen molar-refractivity contribution in [3.05, 3.63) is 59.9 Å². The zero-order valence-corrected chi connectivity index (χ0v) is 14.6. The van der Waals surface area contributed by atoms with Crippen molar-refractivity contribution in [1.82, 2.24) is 14.9 Å². The third-order valence-electron chi connectivity index (χ3n) is 4.89. The zero-order chi connectivity index (χ0) is 19.0. The van der Waals surface area contributed by atoms with E-state index in [1.807, 2.05) is 6.92 Å². The number of hydrazone groups is 1. The summed E-state index contributed by atoms with van der Waals surface area (Å²) in [6.07, 6.45) is 4.64. The number of pyridine rings is 1. The highest BCUT2D eigenvalue weighted by atomic mass is 19.1. The standard InChI is InChI=1S/C19H18F2N4O2/c1-12-18(27-16-4-2-14(20)3-5-16)11-24(12)19(26)25-17(6-7-23-25)13-8-15(21)10-22-9-13/h2-5,7-10,12,17-18H,6,11H2,1H3/t12-,17?,18+/m1/s1. The lowest BCUT2D eigenvalue weighted by molar-refractivity contribution is -0.0197. The molecule has 0 aliphatic carbocycles. The number of ether oxygens (including phenoxy) is 1. The molecule has 6 nitrogen and oxygen atoms in total. The molecule has 1 aromatic heterocycles. The molecule has 2 aliphatic rings. The minimum atomic E-state index is -0.447. The van der Waals surface area contributed by atoms with Gasteiger partial charge in [-0.2, -0.15) is 5.10 Å². The number of likely N-dealkylation sites (tertiary alicyclic amines) is 1. The number of hydrogen-bond donors (Lipinski definition) is 0. The van der Waals surface area contributed by atoms with Gasteiger partial charge in [0.1, 0.15) is 23.5 Å². The normalized spacial score (nSPS) is 24.0. The van der Waals surface area contributed by atoms with Gasteiger partial charge in [-0.1, -0.05) is 0 Å². The third kappa shape index (κ3) is 3.34. The predicted molar refractivity (Wildman–Crippen MR) is 94.3 cm³/mol. The third-order valence-corrected chi connectivity index (χ3v) is 4.89. The monoisotopic (exact) mass is 372 g/mol. The molecular formula is C19H18F2N4O2. The lowest BCUT2D eigenvalue weighted by Gasteiger charge is -2.46. The van der Waals surface area contributed by atoms with Crippen molar-refractivity contribution in [2.24, 2.45) is 5.10 Å². The van der Waals surface area contributed by atoms with Gasteiger partial charge in [-0.25, -0.2) is 18.6 Å². The molecule has 0 N–H and O–H groups in total. The van der Waals surface area contributed by atoms with Crippen LogP contribution in [0.25, 0.3) is 0 Å². The highest BCUT2D eigenvalue weighted by molar-refractivity contribution is 5.79. The van der Waals surface area contributed by atoms with Crippen molar-refractivity contribution < 1.29 is 18.3 Å². The molecule has 0 radical (unpaired) electrons. The van der Waals surface area contributed by atoms with Crippen LogP contribution in [0.2, 0.25) is 0 Å². The Bertz CT molecular complexity index is 874. The molecule has 1 fully saturated rings. The summed E-state index contributed by atoms with van der Waals surface area (Å²) in [6.45, 7) is 2.28. The Morgan fingerprint density at radius 1 is 1.19 bits per heavy atom. The van der Waals surface area contributed by atoms with Crippen LogP contribution in [0.5, 0.6) is 5.75 Å². The van der Waals surface area contributed by atoms with E-state index in [9.17, 15) is 13.6 Å². The number of rotatable bonds is 3. The maximum atomic E-state index is 13.5. The summed E-state index contributed by atoms with van der Waals surface area (Å²) in [5.74, 6) is -0.217. The summed E-state index contributed by atoms with van der Waals surface area (Å²) in [7, 11) is 0. The first-order valence-electron chi connectivity index (χ1n) is 8.68. The molecule has 0 saturated carbocycles. The van der Waals surface area contributed by atoms with Crippen LogP contribution in [0.4, 0.5) is 13.6 Å². The maximum Gasteiger partial charge on any atom is 0.341 e. The van der Waals surface area contributed by atoms with Crippen LogP contribution in [0.15, 0.2) is 47.8 Å². The largest absolute Gasteiger partial charge is 0.486 e. The minimum absolute atomic E-state index is 0.162. The molecule has 1 aromatic carbocycles. The molecule has 2 aromatic rings. The summed E-state index contributed by atoms with van der Waals surface area (Å²) >= 11 is 0. The number of carbonyl (C=O) groups excluding carboxylic acids is 1. The molecule has 2 amide bonds. The van der Waals surface area contributed by atoms with E-state index in [1.54, 1.807) is 29.4 Å². The molecule has 3 heterocycles. The summed E-state index contributed by atoms with van der Waals surface area (Å²) in [4.78, 5) is 18.4. The SMILES string of the molecule is C[C@@H]1[C@@H](Oc2ccc(F)cc2)CN1C(=O)N1N=CCC1c1cncc(F)c1. The Balaban J connectivity index is 1.41. The predicted octanol–water partition coefficient (Wildman–Crippen LogP) is 3.36. The van der Waals surface area contributed by atoms with Crippen molar-refractivity contribution in [3.8, 4) is 5.75 Å². The molecule has 2 aliphatic heterocycles. The van der Waals surface area contributed by atoms with Crippen LogP contribution in [0.3, 0.4) is 0 Å². The van der Waals surface area contributed by atoms with Crippen molar-refractivity contribution in [1.29, 1.82) is 0 Å². The van der Waals surface area contributed by atoms with Crippen LogP contribution in [0, 0.1) is 11.6 Å². The molecule has 140 valence electrons. The first kappa shape index (κ1) is 17.4. The van der Waals surface area contributed by atoms with Gasteiger partial charge in [0.25, 0.3) is 0 Å². The molecule has 0 bridgehead atoms. The quantitative estimate of drug-likeness (QED) is 0.830.